The molecule has 0 heterocycles. The smallest absolute Gasteiger partial charge is 0.492 e. The van der Waals surface area contributed by atoms with Crippen molar-refractivity contribution in [1.82, 2.24) is 0 Å². The molecule has 0 unspecified atom stereocenters. The van der Waals surface area contributed by atoms with Crippen LogP contribution >= 0.6 is 0 Å². The van der Waals surface area contributed by atoms with Gasteiger partial charge in [0.2, 0.25) is 0 Å². The fourth-order valence-electron chi connectivity index (χ4n) is 1.33. The molecule has 6 heteroatoms. The first-order valence-electron chi connectivity index (χ1n) is 5.03. The summed E-state index contributed by atoms with van der Waals surface area (Å²) in [4.78, 5) is 1.75. The number of hydrogen-bond acceptors (Lipinski definition) is 3. The Balaban J connectivity index is 3.01. The molecule has 1 aromatic carbocycles. The number of nitrogens with zero attached hydrogens (tertiary/aromatic N) is 1. The van der Waals surface area contributed by atoms with Gasteiger partial charge in [-0.05, 0) is 19.1 Å². The molecule has 96 valence electrons. The molecule has 3 nitrogen and oxygen atoms in total. The highest BCUT2D eigenvalue weighted by Crippen LogP contribution is 2.33. The van der Waals surface area contributed by atoms with Crippen LogP contribution in [0.5, 0.6) is 11.5 Å². The van der Waals surface area contributed by atoms with Crippen LogP contribution in [0, 0.1) is 0 Å². The molecule has 0 aliphatic rings. The lowest BCUT2D eigenvalue weighted by Gasteiger charge is -2.18. The third kappa shape index (κ3) is 4.05. The zero-order valence-corrected chi connectivity index (χ0v) is 9.84. The maximum absolute atomic E-state index is 12.0. The van der Waals surface area contributed by atoms with Crippen molar-refractivity contribution < 1.29 is 22.6 Å². The van der Waals surface area contributed by atoms with E-state index < -0.39 is 6.36 Å². The minimum absolute atomic E-state index is 0.286. The summed E-state index contributed by atoms with van der Waals surface area (Å²) in [6.45, 7) is 2.13. The van der Waals surface area contributed by atoms with Gasteiger partial charge in [-0.3, -0.25) is 0 Å². The molecular weight excluding hydrogens is 235 g/mol. The molecule has 0 saturated carbocycles. The Morgan fingerprint density at radius 3 is 2.35 bits per heavy atom. The van der Waals surface area contributed by atoms with E-state index in [1.807, 2.05) is 0 Å². The van der Waals surface area contributed by atoms with E-state index in [1.165, 1.54) is 18.2 Å². The number of rotatable bonds is 4. The molecular formula is C11H14F3NO2. The summed E-state index contributed by atoms with van der Waals surface area (Å²) in [6, 6.07) is 4.00. The SMILES string of the molecule is CCOc1cc(OC(F)(F)F)ccc1N(C)C. The van der Waals surface area contributed by atoms with Gasteiger partial charge in [0.05, 0.1) is 12.3 Å². The van der Waals surface area contributed by atoms with Crippen LogP contribution in [-0.2, 0) is 0 Å². The molecule has 0 amide bonds. The molecule has 0 aliphatic carbocycles. The van der Waals surface area contributed by atoms with Crippen LogP contribution in [0.4, 0.5) is 18.9 Å². The third-order valence-corrected chi connectivity index (χ3v) is 1.95. The average molecular weight is 249 g/mol. The molecule has 1 rings (SSSR count). The van der Waals surface area contributed by atoms with Crippen molar-refractivity contribution in [2.45, 2.75) is 13.3 Å². The first-order chi connectivity index (χ1) is 7.83. The lowest BCUT2D eigenvalue weighted by atomic mass is 10.2. The highest BCUT2D eigenvalue weighted by atomic mass is 19.4. The molecule has 0 fully saturated rings. The van der Waals surface area contributed by atoms with E-state index in [9.17, 15) is 13.2 Å². The molecule has 0 radical (unpaired) electrons. The van der Waals surface area contributed by atoms with Gasteiger partial charge in [-0.1, -0.05) is 0 Å². The number of benzene rings is 1. The zero-order valence-electron chi connectivity index (χ0n) is 9.84. The number of halogens is 3. The van der Waals surface area contributed by atoms with Gasteiger partial charge in [0, 0.05) is 20.2 Å². The van der Waals surface area contributed by atoms with Crippen LogP contribution in [0.3, 0.4) is 0 Å². The van der Waals surface area contributed by atoms with Crippen molar-refractivity contribution in [3.05, 3.63) is 18.2 Å². The molecule has 1 aromatic rings. The fraction of sp³-hybridized carbons (Fsp3) is 0.455. The third-order valence-electron chi connectivity index (χ3n) is 1.95. The molecule has 17 heavy (non-hydrogen) atoms. The van der Waals surface area contributed by atoms with E-state index in [1.54, 1.807) is 25.9 Å². The Labute approximate surface area is 97.7 Å². The number of hydrogen-bond donors (Lipinski definition) is 0. The standard InChI is InChI=1S/C11H14F3NO2/c1-4-16-10-7-8(17-11(12,13)14)5-6-9(10)15(2)3/h5-7H,4H2,1-3H3. The summed E-state index contributed by atoms with van der Waals surface area (Å²) in [5.41, 5.74) is 0.696. The van der Waals surface area contributed by atoms with Gasteiger partial charge in [-0.2, -0.15) is 0 Å². The second-order valence-electron chi connectivity index (χ2n) is 3.50. The van der Waals surface area contributed by atoms with Crippen LogP contribution in [0.2, 0.25) is 0 Å². The first-order valence-corrected chi connectivity index (χ1v) is 5.03. The van der Waals surface area contributed by atoms with Crippen molar-refractivity contribution in [1.29, 1.82) is 0 Å². The lowest BCUT2D eigenvalue weighted by molar-refractivity contribution is -0.274. The maximum Gasteiger partial charge on any atom is 0.573 e. The summed E-state index contributed by atoms with van der Waals surface area (Å²) in [5.74, 6) is 0.0748. The monoisotopic (exact) mass is 249 g/mol. The van der Waals surface area contributed by atoms with Crippen molar-refractivity contribution in [3.63, 3.8) is 0 Å². The average Bonchev–Trinajstić information content (AvgIpc) is 2.15. The Kier molecular flexibility index (Phi) is 4.09. The Hall–Kier alpha value is -1.59. The molecule has 0 spiro atoms. The summed E-state index contributed by atoms with van der Waals surface area (Å²) >= 11 is 0. The normalized spacial score (nSPS) is 11.2. The minimum Gasteiger partial charge on any atom is -0.492 e. The lowest BCUT2D eigenvalue weighted by Crippen LogP contribution is -2.17. The molecule has 0 aliphatic heterocycles. The van der Waals surface area contributed by atoms with Gasteiger partial charge in [0.25, 0.3) is 0 Å². The molecule has 0 bridgehead atoms. The maximum atomic E-state index is 12.0. The summed E-state index contributed by atoms with van der Waals surface area (Å²) in [7, 11) is 3.56. The highest BCUT2D eigenvalue weighted by Gasteiger charge is 2.31. The van der Waals surface area contributed by atoms with Gasteiger partial charge in [0.1, 0.15) is 11.5 Å². The number of ether oxygens (including phenoxy) is 2. The van der Waals surface area contributed by atoms with E-state index >= 15 is 0 Å². The van der Waals surface area contributed by atoms with Crippen LogP contribution < -0.4 is 14.4 Å². The van der Waals surface area contributed by atoms with Crippen LogP contribution in [0.15, 0.2) is 18.2 Å². The van der Waals surface area contributed by atoms with Crippen molar-refractivity contribution in [2.24, 2.45) is 0 Å². The largest absolute Gasteiger partial charge is 0.573 e. The highest BCUT2D eigenvalue weighted by molar-refractivity contribution is 5.60. The van der Waals surface area contributed by atoms with E-state index in [0.29, 0.717) is 18.0 Å². The predicted molar refractivity (Wildman–Crippen MR) is 58.6 cm³/mol. The van der Waals surface area contributed by atoms with E-state index in [2.05, 4.69) is 4.74 Å². The fourth-order valence-corrected chi connectivity index (χ4v) is 1.33. The topological polar surface area (TPSA) is 21.7 Å². The van der Waals surface area contributed by atoms with Gasteiger partial charge in [0.15, 0.2) is 0 Å². The first kappa shape index (κ1) is 13.5. The van der Waals surface area contributed by atoms with Gasteiger partial charge in [-0.15, -0.1) is 13.2 Å². The van der Waals surface area contributed by atoms with Crippen LogP contribution in [0.25, 0.3) is 0 Å². The molecule has 0 saturated heterocycles. The summed E-state index contributed by atoms with van der Waals surface area (Å²) < 4.78 is 45.2. The Morgan fingerprint density at radius 1 is 1.24 bits per heavy atom. The number of anilines is 1. The van der Waals surface area contributed by atoms with Gasteiger partial charge in [-0.25, -0.2) is 0 Å². The Morgan fingerprint density at radius 2 is 1.88 bits per heavy atom. The second kappa shape index (κ2) is 5.16. The van der Waals surface area contributed by atoms with Crippen LogP contribution in [0.1, 0.15) is 6.92 Å². The van der Waals surface area contributed by atoms with Crippen molar-refractivity contribution in [3.8, 4) is 11.5 Å². The predicted octanol–water partition coefficient (Wildman–Crippen LogP) is 3.05. The molecule has 0 N–H and O–H groups in total. The Bertz CT molecular complexity index is 377. The molecule has 0 aromatic heterocycles. The van der Waals surface area contributed by atoms with Gasteiger partial charge < -0.3 is 14.4 Å². The van der Waals surface area contributed by atoms with Crippen molar-refractivity contribution >= 4 is 5.69 Å². The quantitative estimate of drug-likeness (QED) is 0.818. The second-order valence-corrected chi connectivity index (χ2v) is 3.50. The van der Waals surface area contributed by atoms with E-state index in [4.69, 9.17) is 4.74 Å². The molecule has 0 atom stereocenters. The number of alkyl halides is 3. The summed E-state index contributed by atoms with van der Waals surface area (Å²) in [5, 5.41) is 0. The summed E-state index contributed by atoms with van der Waals surface area (Å²) in [6.07, 6.45) is -4.69. The van der Waals surface area contributed by atoms with Crippen molar-refractivity contribution in [2.75, 3.05) is 25.6 Å². The van der Waals surface area contributed by atoms with Crippen LogP contribution in [-0.4, -0.2) is 27.1 Å². The van der Waals surface area contributed by atoms with E-state index in [0.717, 1.165) is 0 Å². The van der Waals surface area contributed by atoms with Gasteiger partial charge >= 0.3 is 6.36 Å². The minimum atomic E-state index is -4.69. The van der Waals surface area contributed by atoms with E-state index in [-0.39, 0.29) is 5.75 Å². The zero-order chi connectivity index (χ0) is 13.1.